The number of piperidine rings is 2. The Hall–Kier alpha value is -1.39. The number of aromatic nitrogens is 2. The summed E-state index contributed by atoms with van der Waals surface area (Å²) in [7, 11) is 2.27. The van der Waals surface area contributed by atoms with Crippen LogP contribution in [-0.2, 0) is 6.54 Å². The number of guanidine groups is 1. The molecule has 1 aromatic heterocycles. The van der Waals surface area contributed by atoms with E-state index in [9.17, 15) is 0 Å². The van der Waals surface area contributed by atoms with Crippen LogP contribution in [0.1, 0.15) is 44.9 Å². The molecule has 2 N–H and O–H groups in total. The molecule has 2 unspecified atom stereocenters. The van der Waals surface area contributed by atoms with E-state index in [1.165, 1.54) is 19.3 Å². The average molecular weight is 545 g/mol. The Kier molecular flexibility index (Phi) is 8.35. The standard InChI is InChI=1S/C21H29ClN6O.HI/c1-3-23-21(25-16-11-17-8-5-9-18(12-16)28(17)2)24-13-19-26-20(27-29-19)14-6-4-7-15(22)10-14;/h4,6-7,10,16-18H,3,5,8-9,11-13H2,1-2H3,(H2,23,24,25);1H. The average Bonchev–Trinajstić information content (AvgIpc) is 3.16. The molecular formula is C21H30ClIN6O. The van der Waals surface area contributed by atoms with Crippen molar-refractivity contribution in [1.82, 2.24) is 25.7 Å². The normalized spacial score (nSPS) is 24.2. The van der Waals surface area contributed by atoms with Crippen LogP contribution in [0.5, 0.6) is 0 Å². The molecule has 2 fully saturated rings. The van der Waals surface area contributed by atoms with Crippen molar-refractivity contribution < 1.29 is 4.52 Å². The van der Waals surface area contributed by atoms with E-state index in [0.717, 1.165) is 30.9 Å². The Bertz CT molecular complexity index is 846. The van der Waals surface area contributed by atoms with Crippen molar-refractivity contribution in [3.63, 3.8) is 0 Å². The fourth-order valence-electron chi connectivity index (χ4n) is 4.46. The molecule has 2 aliphatic heterocycles. The summed E-state index contributed by atoms with van der Waals surface area (Å²) in [5, 5.41) is 11.7. The highest BCUT2D eigenvalue weighted by Crippen LogP contribution is 2.32. The van der Waals surface area contributed by atoms with Crippen LogP contribution in [0.4, 0.5) is 0 Å². The first-order chi connectivity index (χ1) is 14.1. The fraction of sp³-hybridized carbons (Fsp3) is 0.571. The van der Waals surface area contributed by atoms with Crippen LogP contribution in [0, 0.1) is 0 Å². The lowest BCUT2D eigenvalue weighted by atomic mass is 9.82. The van der Waals surface area contributed by atoms with E-state index in [4.69, 9.17) is 16.1 Å². The van der Waals surface area contributed by atoms with Gasteiger partial charge in [0.2, 0.25) is 11.7 Å². The Labute approximate surface area is 200 Å². The zero-order chi connectivity index (χ0) is 20.2. The van der Waals surface area contributed by atoms with Crippen LogP contribution < -0.4 is 10.6 Å². The third-order valence-electron chi connectivity index (χ3n) is 5.95. The summed E-state index contributed by atoms with van der Waals surface area (Å²) in [5.41, 5.74) is 0.833. The van der Waals surface area contributed by atoms with E-state index >= 15 is 0 Å². The van der Waals surface area contributed by atoms with Gasteiger partial charge in [-0.05, 0) is 51.8 Å². The molecule has 0 radical (unpaired) electrons. The van der Waals surface area contributed by atoms with Crippen molar-refractivity contribution in [1.29, 1.82) is 0 Å². The number of benzene rings is 1. The summed E-state index contributed by atoms with van der Waals surface area (Å²) in [6, 6.07) is 9.23. The first-order valence-electron chi connectivity index (χ1n) is 10.5. The molecule has 0 saturated carbocycles. The van der Waals surface area contributed by atoms with Gasteiger partial charge in [-0.3, -0.25) is 0 Å². The molecule has 2 atom stereocenters. The van der Waals surface area contributed by atoms with E-state index in [1.807, 2.05) is 24.3 Å². The van der Waals surface area contributed by atoms with Gasteiger partial charge in [0, 0.05) is 35.3 Å². The number of halogens is 2. The smallest absolute Gasteiger partial charge is 0.248 e. The van der Waals surface area contributed by atoms with Crippen molar-refractivity contribution in [2.45, 2.75) is 63.7 Å². The molecule has 0 aliphatic carbocycles. The van der Waals surface area contributed by atoms with E-state index in [2.05, 4.69) is 44.6 Å². The molecule has 0 amide bonds. The van der Waals surface area contributed by atoms with Crippen molar-refractivity contribution >= 4 is 41.5 Å². The molecule has 2 aliphatic rings. The van der Waals surface area contributed by atoms with Gasteiger partial charge in [-0.2, -0.15) is 4.98 Å². The maximum atomic E-state index is 6.05. The maximum absolute atomic E-state index is 6.05. The minimum Gasteiger partial charge on any atom is -0.357 e. The molecule has 7 nitrogen and oxygen atoms in total. The lowest BCUT2D eigenvalue weighted by Gasteiger charge is -2.47. The summed E-state index contributed by atoms with van der Waals surface area (Å²) >= 11 is 6.05. The van der Waals surface area contributed by atoms with Crippen LogP contribution in [0.25, 0.3) is 11.4 Å². The Morgan fingerprint density at radius 3 is 2.77 bits per heavy atom. The lowest BCUT2D eigenvalue weighted by molar-refractivity contribution is 0.0526. The molecule has 9 heteroatoms. The monoisotopic (exact) mass is 544 g/mol. The van der Waals surface area contributed by atoms with E-state index < -0.39 is 0 Å². The van der Waals surface area contributed by atoms with Gasteiger partial charge < -0.3 is 20.1 Å². The number of hydrogen-bond donors (Lipinski definition) is 2. The second-order valence-electron chi connectivity index (χ2n) is 7.93. The van der Waals surface area contributed by atoms with Crippen molar-refractivity contribution in [2.75, 3.05) is 13.6 Å². The quantitative estimate of drug-likeness (QED) is 0.336. The third kappa shape index (κ3) is 5.64. The van der Waals surface area contributed by atoms with Crippen molar-refractivity contribution in [3.05, 3.63) is 35.2 Å². The molecule has 3 heterocycles. The molecule has 2 bridgehead atoms. The zero-order valence-corrected chi connectivity index (χ0v) is 20.6. The van der Waals surface area contributed by atoms with Gasteiger partial charge in [0.05, 0.1) is 0 Å². The fourth-order valence-corrected chi connectivity index (χ4v) is 4.65. The van der Waals surface area contributed by atoms with E-state index in [-0.39, 0.29) is 24.0 Å². The van der Waals surface area contributed by atoms with Crippen LogP contribution in [0.15, 0.2) is 33.8 Å². The predicted octanol–water partition coefficient (Wildman–Crippen LogP) is 4.08. The van der Waals surface area contributed by atoms with Crippen LogP contribution in [0.3, 0.4) is 0 Å². The SMILES string of the molecule is CCNC(=NCc1nc(-c2cccc(Cl)c2)no1)NC1CC2CCCC(C1)N2C.I. The molecule has 164 valence electrons. The van der Waals surface area contributed by atoms with Crippen LogP contribution in [0.2, 0.25) is 5.02 Å². The molecule has 2 saturated heterocycles. The molecule has 2 aromatic rings. The van der Waals surface area contributed by atoms with Gasteiger partial charge in [0.25, 0.3) is 0 Å². The Morgan fingerprint density at radius 1 is 1.30 bits per heavy atom. The van der Waals surface area contributed by atoms with Gasteiger partial charge in [-0.15, -0.1) is 24.0 Å². The topological polar surface area (TPSA) is 78.6 Å². The highest BCUT2D eigenvalue weighted by molar-refractivity contribution is 14.0. The third-order valence-corrected chi connectivity index (χ3v) is 6.18. The highest BCUT2D eigenvalue weighted by atomic mass is 127. The van der Waals surface area contributed by atoms with Crippen molar-refractivity contribution in [3.8, 4) is 11.4 Å². The van der Waals surface area contributed by atoms with Gasteiger partial charge in [-0.1, -0.05) is 35.3 Å². The Morgan fingerprint density at radius 2 is 2.07 bits per heavy atom. The molecular weight excluding hydrogens is 515 g/mol. The number of hydrogen-bond acceptors (Lipinski definition) is 5. The van der Waals surface area contributed by atoms with Crippen molar-refractivity contribution in [2.24, 2.45) is 4.99 Å². The number of aliphatic imine (C=N–C) groups is 1. The second kappa shape index (κ2) is 10.8. The second-order valence-corrected chi connectivity index (χ2v) is 8.37. The largest absolute Gasteiger partial charge is 0.357 e. The summed E-state index contributed by atoms with van der Waals surface area (Å²) in [6.45, 7) is 3.22. The molecule has 30 heavy (non-hydrogen) atoms. The number of nitrogens with one attached hydrogen (secondary N) is 2. The molecule has 1 aromatic carbocycles. The lowest BCUT2D eigenvalue weighted by Crippen LogP contribution is -2.56. The van der Waals surface area contributed by atoms with Gasteiger partial charge in [-0.25, -0.2) is 4.99 Å². The zero-order valence-electron chi connectivity index (χ0n) is 17.5. The molecule has 0 spiro atoms. The summed E-state index contributed by atoms with van der Waals surface area (Å²) in [5.74, 6) is 1.82. The van der Waals surface area contributed by atoms with Gasteiger partial charge >= 0.3 is 0 Å². The minimum absolute atomic E-state index is 0. The summed E-state index contributed by atoms with van der Waals surface area (Å²) in [6.07, 6.45) is 6.28. The van der Waals surface area contributed by atoms with Gasteiger partial charge in [0.15, 0.2) is 5.96 Å². The Balaban J connectivity index is 0.00000256. The number of fused-ring (bicyclic) bond motifs is 2. The number of rotatable bonds is 5. The predicted molar refractivity (Wildman–Crippen MR) is 130 cm³/mol. The highest BCUT2D eigenvalue weighted by Gasteiger charge is 2.36. The van der Waals surface area contributed by atoms with Crippen LogP contribution >= 0.6 is 35.6 Å². The van der Waals surface area contributed by atoms with E-state index in [1.54, 1.807) is 0 Å². The first kappa shape index (κ1) is 23.3. The summed E-state index contributed by atoms with van der Waals surface area (Å²) in [4.78, 5) is 11.7. The number of nitrogens with zero attached hydrogens (tertiary/aromatic N) is 4. The first-order valence-corrected chi connectivity index (χ1v) is 10.9. The minimum atomic E-state index is 0. The van der Waals surface area contributed by atoms with Crippen LogP contribution in [-0.4, -0.2) is 52.7 Å². The molecule has 4 rings (SSSR count). The van der Waals surface area contributed by atoms with Gasteiger partial charge in [0.1, 0.15) is 6.54 Å². The summed E-state index contributed by atoms with van der Waals surface area (Å²) < 4.78 is 5.38. The van der Waals surface area contributed by atoms with E-state index in [0.29, 0.717) is 41.4 Å². The maximum Gasteiger partial charge on any atom is 0.248 e.